The molecule has 1 aromatic rings. The van der Waals surface area contributed by atoms with Crippen molar-refractivity contribution in [1.29, 1.82) is 0 Å². The van der Waals surface area contributed by atoms with Crippen molar-refractivity contribution >= 4 is 17.9 Å². The number of aromatic amines is 1. The normalized spacial score (nSPS) is 10.2. The van der Waals surface area contributed by atoms with E-state index in [9.17, 15) is 4.79 Å². The van der Waals surface area contributed by atoms with Gasteiger partial charge in [0.15, 0.2) is 6.29 Å². The molecular weight excluding hydrogens is 174 g/mol. The Morgan fingerprint density at radius 3 is 2.92 bits per heavy atom. The quantitative estimate of drug-likeness (QED) is 0.568. The van der Waals surface area contributed by atoms with E-state index in [4.69, 9.17) is 11.6 Å². The van der Waals surface area contributed by atoms with Gasteiger partial charge >= 0.3 is 0 Å². The number of halogens is 1. The summed E-state index contributed by atoms with van der Waals surface area (Å²) in [7, 11) is 0. The molecule has 0 aliphatic carbocycles. The fourth-order valence-electron chi connectivity index (χ4n) is 1.28. The summed E-state index contributed by atoms with van der Waals surface area (Å²) in [5, 5.41) is 0. The van der Waals surface area contributed by atoms with Crippen molar-refractivity contribution in [3.05, 3.63) is 23.0 Å². The molecule has 1 aromatic heterocycles. The van der Waals surface area contributed by atoms with Crippen LogP contribution in [-0.4, -0.2) is 11.3 Å². The SMILES string of the molecule is CCCc1c(CCl)c[nH]c1C=O. The molecule has 0 atom stereocenters. The van der Waals surface area contributed by atoms with Gasteiger partial charge in [0.2, 0.25) is 0 Å². The van der Waals surface area contributed by atoms with E-state index in [2.05, 4.69) is 11.9 Å². The Morgan fingerprint density at radius 2 is 2.42 bits per heavy atom. The third kappa shape index (κ3) is 1.69. The maximum atomic E-state index is 10.6. The molecule has 0 unspecified atom stereocenters. The summed E-state index contributed by atoms with van der Waals surface area (Å²) >= 11 is 5.70. The van der Waals surface area contributed by atoms with E-state index in [0.717, 1.165) is 30.3 Å². The van der Waals surface area contributed by atoms with Crippen molar-refractivity contribution in [2.75, 3.05) is 0 Å². The zero-order valence-electron chi connectivity index (χ0n) is 7.06. The first-order valence-corrected chi connectivity index (χ1v) is 4.57. The molecule has 0 amide bonds. The number of rotatable bonds is 4. The Labute approximate surface area is 76.9 Å². The van der Waals surface area contributed by atoms with Gasteiger partial charge in [0.05, 0.1) is 5.69 Å². The number of carbonyl (C=O) groups is 1. The van der Waals surface area contributed by atoms with Gasteiger partial charge in [0.25, 0.3) is 0 Å². The minimum atomic E-state index is 0.472. The van der Waals surface area contributed by atoms with Gasteiger partial charge in [-0.1, -0.05) is 13.3 Å². The lowest BCUT2D eigenvalue weighted by atomic mass is 10.1. The average molecular weight is 186 g/mol. The zero-order valence-corrected chi connectivity index (χ0v) is 7.82. The minimum absolute atomic E-state index is 0.472. The second-order valence-corrected chi connectivity index (χ2v) is 2.97. The van der Waals surface area contributed by atoms with Crippen LogP contribution in [0.2, 0.25) is 0 Å². The van der Waals surface area contributed by atoms with Crippen LogP contribution in [-0.2, 0) is 12.3 Å². The first-order chi connectivity index (χ1) is 5.83. The molecule has 0 saturated carbocycles. The third-order valence-electron chi connectivity index (χ3n) is 1.88. The van der Waals surface area contributed by atoms with Crippen LogP contribution in [0, 0.1) is 0 Å². The Balaban J connectivity index is 2.98. The lowest BCUT2D eigenvalue weighted by molar-refractivity contribution is 0.111. The standard InChI is InChI=1S/C9H12ClNO/c1-2-3-8-7(4-10)5-11-9(8)6-12/h5-6,11H,2-4H2,1H3. The average Bonchev–Trinajstić information content (AvgIpc) is 2.48. The van der Waals surface area contributed by atoms with E-state index >= 15 is 0 Å². The van der Waals surface area contributed by atoms with Crippen molar-refractivity contribution in [1.82, 2.24) is 4.98 Å². The topological polar surface area (TPSA) is 32.9 Å². The van der Waals surface area contributed by atoms with Crippen molar-refractivity contribution in [3.8, 4) is 0 Å². The van der Waals surface area contributed by atoms with Crippen molar-refractivity contribution in [3.63, 3.8) is 0 Å². The number of carbonyl (C=O) groups excluding carboxylic acids is 1. The molecule has 0 aliphatic rings. The summed E-state index contributed by atoms with van der Waals surface area (Å²) < 4.78 is 0. The van der Waals surface area contributed by atoms with Crippen molar-refractivity contribution in [2.45, 2.75) is 25.6 Å². The van der Waals surface area contributed by atoms with Gasteiger partial charge in [0, 0.05) is 12.1 Å². The van der Waals surface area contributed by atoms with Crippen molar-refractivity contribution in [2.24, 2.45) is 0 Å². The van der Waals surface area contributed by atoms with E-state index in [1.807, 2.05) is 6.20 Å². The van der Waals surface area contributed by atoms with Crippen LogP contribution in [0.25, 0.3) is 0 Å². The predicted molar refractivity (Wildman–Crippen MR) is 49.7 cm³/mol. The van der Waals surface area contributed by atoms with Gasteiger partial charge in [-0.25, -0.2) is 0 Å². The Kier molecular flexibility index (Phi) is 3.35. The molecule has 3 heteroatoms. The smallest absolute Gasteiger partial charge is 0.166 e. The summed E-state index contributed by atoms with van der Waals surface area (Å²) in [4.78, 5) is 13.5. The molecule has 66 valence electrons. The van der Waals surface area contributed by atoms with Gasteiger partial charge in [-0.2, -0.15) is 0 Å². The van der Waals surface area contributed by atoms with E-state index in [1.54, 1.807) is 0 Å². The highest BCUT2D eigenvalue weighted by Gasteiger charge is 2.07. The first-order valence-electron chi connectivity index (χ1n) is 4.03. The largest absolute Gasteiger partial charge is 0.358 e. The molecule has 12 heavy (non-hydrogen) atoms. The van der Waals surface area contributed by atoms with Crippen LogP contribution in [0.3, 0.4) is 0 Å². The molecule has 0 radical (unpaired) electrons. The van der Waals surface area contributed by atoms with Gasteiger partial charge in [-0.3, -0.25) is 4.79 Å². The lowest BCUT2D eigenvalue weighted by Gasteiger charge is -1.98. The molecule has 1 N–H and O–H groups in total. The maximum absolute atomic E-state index is 10.6. The summed E-state index contributed by atoms with van der Waals surface area (Å²) in [5.41, 5.74) is 2.79. The number of hydrogen-bond acceptors (Lipinski definition) is 1. The molecule has 0 aromatic carbocycles. The highest BCUT2D eigenvalue weighted by molar-refractivity contribution is 6.17. The summed E-state index contributed by atoms with van der Waals surface area (Å²) in [6.45, 7) is 2.08. The molecule has 0 fully saturated rings. The van der Waals surface area contributed by atoms with Gasteiger partial charge in [0.1, 0.15) is 0 Å². The summed E-state index contributed by atoms with van der Waals surface area (Å²) in [6.07, 6.45) is 4.60. The Hall–Kier alpha value is -0.760. The number of hydrogen-bond donors (Lipinski definition) is 1. The highest BCUT2D eigenvalue weighted by atomic mass is 35.5. The molecule has 0 bridgehead atoms. The van der Waals surface area contributed by atoms with E-state index in [1.165, 1.54) is 0 Å². The molecular formula is C9H12ClNO. The van der Waals surface area contributed by atoms with Crippen LogP contribution in [0.4, 0.5) is 0 Å². The molecule has 0 saturated heterocycles. The molecule has 0 aliphatic heterocycles. The molecule has 2 nitrogen and oxygen atoms in total. The zero-order chi connectivity index (χ0) is 8.97. The number of alkyl halides is 1. The summed E-state index contributed by atoms with van der Waals surface area (Å²) in [5.74, 6) is 0.472. The van der Waals surface area contributed by atoms with Crippen LogP contribution < -0.4 is 0 Å². The second-order valence-electron chi connectivity index (χ2n) is 2.71. The summed E-state index contributed by atoms with van der Waals surface area (Å²) in [6, 6.07) is 0. The van der Waals surface area contributed by atoms with Crippen LogP contribution in [0.15, 0.2) is 6.20 Å². The second kappa shape index (κ2) is 4.31. The Bertz CT molecular complexity index is 267. The fraction of sp³-hybridized carbons (Fsp3) is 0.444. The van der Waals surface area contributed by atoms with Crippen LogP contribution in [0.1, 0.15) is 35.0 Å². The number of H-pyrrole nitrogens is 1. The number of nitrogens with one attached hydrogen (secondary N) is 1. The molecule has 1 heterocycles. The number of aromatic nitrogens is 1. The van der Waals surface area contributed by atoms with E-state index < -0.39 is 0 Å². The van der Waals surface area contributed by atoms with Crippen LogP contribution >= 0.6 is 11.6 Å². The predicted octanol–water partition coefficient (Wildman–Crippen LogP) is 2.52. The highest BCUT2D eigenvalue weighted by Crippen LogP contribution is 2.16. The maximum Gasteiger partial charge on any atom is 0.166 e. The Morgan fingerprint density at radius 1 is 1.67 bits per heavy atom. The molecule has 0 spiro atoms. The lowest BCUT2D eigenvalue weighted by Crippen LogP contribution is -1.91. The molecule has 1 rings (SSSR count). The van der Waals surface area contributed by atoms with Gasteiger partial charge in [-0.15, -0.1) is 11.6 Å². The third-order valence-corrected chi connectivity index (χ3v) is 2.16. The minimum Gasteiger partial charge on any atom is -0.358 e. The van der Waals surface area contributed by atoms with Crippen LogP contribution in [0.5, 0.6) is 0 Å². The van der Waals surface area contributed by atoms with E-state index in [0.29, 0.717) is 11.6 Å². The first kappa shape index (κ1) is 9.33. The number of aldehydes is 1. The monoisotopic (exact) mass is 185 g/mol. The van der Waals surface area contributed by atoms with Gasteiger partial charge in [-0.05, 0) is 17.5 Å². The fourth-order valence-corrected chi connectivity index (χ4v) is 1.52. The van der Waals surface area contributed by atoms with E-state index in [-0.39, 0.29) is 0 Å². The van der Waals surface area contributed by atoms with Crippen molar-refractivity contribution < 1.29 is 4.79 Å². The van der Waals surface area contributed by atoms with Gasteiger partial charge < -0.3 is 4.98 Å².